The molecule has 8 heteroatoms. The molecule has 2 aromatic carbocycles. The Kier molecular flexibility index (Phi) is 5.15. The average Bonchev–Trinajstić information content (AvgIpc) is 3.00. The maximum absolute atomic E-state index is 12.0. The summed E-state index contributed by atoms with van der Waals surface area (Å²) in [5.41, 5.74) is 0.983. The molecule has 1 unspecified atom stereocenters. The zero-order valence-corrected chi connectivity index (χ0v) is 15.4. The third-order valence-corrected chi connectivity index (χ3v) is 4.13. The molecule has 0 bridgehead atoms. The van der Waals surface area contributed by atoms with Crippen LogP contribution < -0.4 is 4.74 Å². The van der Waals surface area contributed by atoms with Crippen molar-refractivity contribution in [2.45, 2.75) is 20.1 Å². The van der Waals surface area contributed by atoms with Gasteiger partial charge in [0.05, 0.1) is 10.6 Å². The molecular formula is C18H14Cl2N2O4. The lowest BCUT2D eigenvalue weighted by molar-refractivity contribution is -0.135. The first-order valence-corrected chi connectivity index (χ1v) is 8.40. The number of hydrogen-bond acceptors (Lipinski definition) is 5. The number of nitrogens with zero attached hydrogens (tertiary/aromatic N) is 2. The Balaban J connectivity index is 2.00. The second kappa shape index (κ2) is 7.35. The van der Waals surface area contributed by atoms with Crippen LogP contribution >= 0.6 is 23.2 Å². The van der Waals surface area contributed by atoms with Gasteiger partial charge in [0.2, 0.25) is 18.0 Å². The molecule has 26 heavy (non-hydrogen) atoms. The third kappa shape index (κ3) is 3.66. The number of ether oxygens (including phenoxy) is 2. The van der Waals surface area contributed by atoms with E-state index in [1.807, 2.05) is 0 Å². The first kappa shape index (κ1) is 18.2. The molecule has 0 aliphatic carbocycles. The number of hydrogen-bond donors (Lipinski definition) is 0. The highest BCUT2D eigenvalue weighted by molar-refractivity contribution is 6.35. The highest BCUT2D eigenvalue weighted by Crippen LogP contribution is 2.36. The summed E-state index contributed by atoms with van der Waals surface area (Å²) in [5, 5.41) is 6.23. The normalized spacial score (nSPS) is 16.1. The molecule has 0 N–H and O–H groups in total. The maximum atomic E-state index is 12.0. The van der Waals surface area contributed by atoms with E-state index in [-0.39, 0.29) is 17.6 Å². The fraction of sp³-hybridized carbons (Fsp3) is 0.167. The molecule has 0 saturated carbocycles. The second-order valence-corrected chi connectivity index (χ2v) is 6.34. The molecule has 134 valence electrons. The molecule has 1 heterocycles. The van der Waals surface area contributed by atoms with Crippen molar-refractivity contribution in [3.8, 4) is 5.75 Å². The van der Waals surface area contributed by atoms with E-state index in [0.717, 1.165) is 0 Å². The SMILES string of the molecule is CC(=O)Oc1ccccc1C1=NN(C(C)=O)C(c2ccc(Cl)cc2Cl)O1. The van der Waals surface area contributed by atoms with Crippen LogP contribution in [0.2, 0.25) is 10.0 Å². The molecule has 0 saturated heterocycles. The van der Waals surface area contributed by atoms with Crippen molar-refractivity contribution in [3.63, 3.8) is 0 Å². The lowest BCUT2D eigenvalue weighted by Gasteiger charge is -2.20. The smallest absolute Gasteiger partial charge is 0.308 e. The molecule has 0 radical (unpaired) electrons. The molecule has 1 atom stereocenters. The van der Waals surface area contributed by atoms with E-state index in [1.165, 1.54) is 18.9 Å². The number of amides is 1. The minimum Gasteiger partial charge on any atom is -0.446 e. The van der Waals surface area contributed by atoms with Crippen LogP contribution in [0, 0.1) is 0 Å². The largest absolute Gasteiger partial charge is 0.446 e. The number of esters is 1. The van der Waals surface area contributed by atoms with Crippen molar-refractivity contribution in [2.75, 3.05) is 0 Å². The van der Waals surface area contributed by atoms with Gasteiger partial charge in [0.1, 0.15) is 5.75 Å². The van der Waals surface area contributed by atoms with Gasteiger partial charge in [-0.2, -0.15) is 5.01 Å². The minimum atomic E-state index is -0.849. The zero-order chi connectivity index (χ0) is 18.8. The van der Waals surface area contributed by atoms with Crippen molar-refractivity contribution in [3.05, 3.63) is 63.6 Å². The Morgan fingerprint density at radius 1 is 1.15 bits per heavy atom. The van der Waals surface area contributed by atoms with E-state index < -0.39 is 12.2 Å². The summed E-state index contributed by atoms with van der Waals surface area (Å²) < 4.78 is 11.1. The van der Waals surface area contributed by atoms with Crippen LogP contribution in [0.25, 0.3) is 0 Å². The van der Waals surface area contributed by atoms with E-state index in [4.69, 9.17) is 32.7 Å². The Hall–Kier alpha value is -2.57. The summed E-state index contributed by atoms with van der Waals surface area (Å²) in [5.74, 6) is -0.379. The molecule has 1 amide bonds. The van der Waals surface area contributed by atoms with Crippen molar-refractivity contribution in [2.24, 2.45) is 5.10 Å². The molecular weight excluding hydrogens is 379 g/mol. The Morgan fingerprint density at radius 3 is 2.54 bits per heavy atom. The molecule has 2 aromatic rings. The van der Waals surface area contributed by atoms with Crippen LogP contribution in [0.15, 0.2) is 47.6 Å². The van der Waals surface area contributed by atoms with E-state index in [1.54, 1.807) is 42.5 Å². The number of carbonyl (C=O) groups is 2. The highest BCUT2D eigenvalue weighted by Gasteiger charge is 2.35. The summed E-state index contributed by atoms with van der Waals surface area (Å²) in [6, 6.07) is 11.6. The lowest BCUT2D eigenvalue weighted by Crippen LogP contribution is -2.25. The topological polar surface area (TPSA) is 68.2 Å². The summed E-state index contributed by atoms with van der Waals surface area (Å²) in [6.07, 6.45) is -0.849. The van der Waals surface area contributed by atoms with E-state index in [2.05, 4.69) is 5.10 Å². The molecule has 3 rings (SSSR count). The van der Waals surface area contributed by atoms with Gasteiger partial charge >= 0.3 is 5.97 Å². The summed E-state index contributed by atoms with van der Waals surface area (Å²) in [6.45, 7) is 2.66. The van der Waals surface area contributed by atoms with Gasteiger partial charge in [-0.1, -0.05) is 41.4 Å². The van der Waals surface area contributed by atoms with Gasteiger partial charge in [0.15, 0.2) is 0 Å². The summed E-state index contributed by atoms with van der Waals surface area (Å²) >= 11 is 12.2. The number of hydrazone groups is 1. The molecule has 1 aliphatic rings. The van der Waals surface area contributed by atoms with Crippen molar-refractivity contribution >= 4 is 41.0 Å². The van der Waals surface area contributed by atoms with Crippen molar-refractivity contribution < 1.29 is 19.1 Å². The number of halogens is 2. The van der Waals surface area contributed by atoms with E-state index >= 15 is 0 Å². The van der Waals surface area contributed by atoms with Crippen LogP contribution in [0.5, 0.6) is 5.75 Å². The third-order valence-electron chi connectivity index (χ3n) is 3.57. The van der Waals surface area contributed by atoms with E-state index in [0.29, 0.717) is 21.2 Å². The second-order valence-electron chi connectivity index (χ2n) is 5.49. The van der Waals surface area contributed by atoms with Crippen LogP contribution in [0.1, 0.15) is 31.2 Å². The molecule has 0 aromatic heterocycles. The predicted octanol–water partition coefficient (Wildman–Crippen LogP) is 4.16. The van der Waals surface area contributed by atoms with E-state index in [9.17, 15) is 9.59 Å². The first-order valence-electron chi connectivity index (χ1n) is 7.64. The van der Waals surface area contributed by atoms with Gasteiger partial charge in [-0.3, -0.25) is 9.59 Å². The maximum Gasteiger partial charge on any atom is 0.308 e. The minimum absolute atomic E-state index is 0.146. The van der Waals surface area contributed by atoms with Gasteiger partial charge in [-0.15, -0.1) is 5.10 Å². The lowest BCUT2D eigenvalue weighted by atomic mass is 10.2. The standard InChI is InChI=1S/C18H14Cl2N2O4/c1-10(23)22-18(13-8-7-12(19)9-15(13)20)26-17(21-22)14-5-3-4-6-16(14)25-11(2)24/h3-9,18H,1-2H3. The van der Waals surface area contributed by atoms with Crippen LogP contribution in [-0.2, 0) is 14.3 Å². The molecule has 0 fully saturated rings. The number of para-hydroxylation sites is 1. The highest BCUT2D eigenvalue weighted by atomic mass is 35.5. The quantitative estimate of drug-likeness (QED) is 0.580. The zero-order valence-electron chi connectivity index (χ0n) is 13.9. The van der Waals surface area contributed by atoms with Crippen LogP contribution in [-0.4, -0.2) is 22.8 Å². The molecule has 6 nitrogen and oxygen atoms in total. The summed E-state index contributed by atoms with van der Waals surface area (Å²) in [4.78, 5) is 23.3. The number of benzene rings is 2. The summed E-state index contributed by atoms with van der Waals surface area (Å²) in [7, 11) is 0. The molecule has 1 aliphatic heterocycles. The van der Waals surface area contributed by atoms with Gasteiger partial charge in [0.25, 0.3) is 0 Å². The van der Waals surface area contributed by atoms with Gasteiger partial charge in [-0.25, -0.2) is 0 Å². The van der Waals surface area contributed by atoms with Crippen molar-refractivity contribution in [1.82, 2.24) is 5.01 Å². The first-order chi connectivity index (χ1) is 12.4. The predicted molar refractivity (Wildman–Crippen MR) is 97.1 cm³/mol. The van der Waals surface area contributed by atoms with Gasteiger partial charge in [0, 0.05) is 24.4 Å². The van der Waals surface area contributed by atoms with Crippen LogP contribution in [0.3, 0.4) is 0 Å². The molecule has 0 spiro atoms. The number of rotatable bonds is 3. The Bertz CT molecular complexity index is 914. The monoisotopic (exact) mass is 392 g/mol. The van der Waals surface area contributed by atoms with Gasteiger partial charge < -0.3 is 9.47 Å². The fourth-order valence-corrected chi connectivity index (χ4v) is 2.97. The fourth-order valence-electron chi connectivity index (χ4n) is 2.47. The van der Waals surface area contributed by atoms with Gasteiger partial charge in [-0.05, 0) is 24.3 Å². The Labute approximate surface area is 159 Å². The Morgan fingerprint density at radius 2 is 1.88 bits per heavy atom. The van der Waals surface area contributed by atoms with Crippen LogP contribution in [0.4, 0.5) is 0 Å². The average molecular weight is 393 g/mol. The number of carbonyl (C=O) groups excluding carboxylic acids is 2. The van der Waals surface area contributed by atoms with Crippen molar-refractivity contribution in [1.29, 1.82) is 0 Å².